The van der Waals surface area contributed by atoms with Crippen LogP contribution in [0.25, 0.3) is 0 Å². The standard InChI is InChI=1S/C17H23N3O2/c1-2-18-15(21)14-10-17(16(22)19-14)8-9-20(12-17)11-13-6-4-3-5-7-13/h3-7,14H,2,8-12H2,1H3,(H,18,21)(H,19,22)/t14-,17+/m0/s1. The Balaban J connectivity index is 1.63. The summed E-state index contributed by atoms with van der Waals surface area (Å²) in [6.45, 7) is 5.00. The van der Waals surface area contributed by atoms with E-state index in [4.69, 9.17) is 0 Å². The fourth-order valence-corrected chi connectivity index (χ4v) is 3.59. The molecule has 2 heterocycles. The Morgan fingerprint density at radius 1 is 1.41 bits per heavy atom. The van der Waals surface area contributed by atoms with Crippen LogP contribution in [0, 0.1) is 5.41 Å². The highest BCUT2D eigenvalue weighted by atomic mass is 16.2. The Hall–Kier alpha value is -1.88. The van der Waals surface area contributed by atoms with Crippen LogP contribution in [-0.2, 0) is 16.1 Å². The van der Waals surface area contributed by atoms with Crippen molar-refractivity contribution in [1.29, 1.82) is 0 Å². The number of likely N-dealkylation sites (N-methyl/N-ethyl adjacent to an activating group) is 1. The van der Waals surface area contributed by atoms with Crippen LogP contribution in [0.4, 0.5) is 0 Å². The van der Waals surface area contributed by atoms with Crippen LogP contribution in [0.1, 0.15) is 25.3 Å². The lowest BCUT2D eigenvalue weighted by molar-refractivity contribution is -0.128. The molecule has 118 valence electrons. The maximum absolute atomic E-state index is 12.4. The molecule has 2 amide bonds. The van der Waals surface area contributed by atoms with Crippen LogP contribution in [0.2, 0.25) is 0 Å². The number of carbonyl (C=O) groups excluding carboxylic acids is 2. The van der Waals surface area contributed by atoms with Crippen molar-refractivity contribution in [1.82, 2.24) is 15.5 Å². The minimum absolute atomic E-state index is 0.0410. The van der Waals surface area contributed by atoms with Crippen LogP contribution in [0.3, 0.4) is 0 Å². The molecule has 2 N–H and O–H groups in total. The minimum atomic E-state index is -0.384. The molecule has 5 heteroatoms. The van der Waals surface area contributed by atoms with Gasteiger partial charge in [-0.05, 0) is 31.9 Å². The molecule has 1 aromatic rings. The zero-order valence-corrected chi connectivity index (χ0v) is 13.0. The average Bonchev–Trinajstić information content (AvgIpc) is 3.06. The number of amides is 2. The number of benzene rings is 1. The molecule has 1 spiro atoms. The zero-order valence-electron chi connectivity index (χ0n) is 13.0. The van der Waals surface area contributed by atoms with Gasteiger partial charge in [0.15, 0.2) is 0 Å². The first kappa shape index (κ1) is 15.0. The number of nitrogens with zero attached hydrogens (tertiary/aromatic N) is 1. The van der Waals surface area contributed by atoms with Gasteiger partial charge in [-0.15, -0.1) is 0 Å². The van der Waals surface area contributed by atoms with E-state index in [1.807, 2.05) is 25.1 Å². The summed E-state index contributed by atoms with van der Waals surface area (Å²) in [6, 6.07) is 9.93. The third-order valence-electron chi connectivity index (χ3n) is 4.73. The fourth-order valence-electron chi connectivity index (χ4n) is 3.59. The number of likely N-dealkylation sites (tertiary alicyclic amines) is 1. The largest absolute Gasteiger partial charge is 0.355 e. The Labute approximate surface area is 131 Å². The first-order valence-electron chi connectivity index (χ1n) is 7.98. The van der Waals surface area contributed by atoms with E-state index in [0.717, 1.165) is 26.1 Å². The molecule has 0 aliphatic carbocycles. The Morgan fingerprint density at radius 2 is 2.18 bits per heavy atom. The number of nitrogens with one attached hydrogen (secondary N) is 2. The van der Waals surface area contributed by atoms with Gasteiger partial charge in [0.05, 0.1) is 5.41 Å². The molecular formula is C17H23N3O2. The maximum Gasteiger partial charge on any atom is 0.242 e. The summed E-state index contributed by atoms with van der Waals surface area (Å²) in [5.41, 5.74) is 0.878. The van der Waals surface area contributed by atoms with Gasteiger partial charge < -0.3 is 10.6 Å². The topological polar surface area (TPSA) is 61.4 Å². The first-order chi connectivity index (χ1) is 10.6. The minimum Gasteiger partial charge on any atom is -0.355 e. The lowest BCUT2D eigenvalue weighted by Gasteiger charge is -2.21. The summed E-state index contributed by atoms with van der Waals surface area (Å²) in [5, 5.41) is 5.68. The predicted octanol–water partition coefficient (Wildman–Crippen LogP) is 0.903. The van der Waals surface area contributed by atoms with Crippen molar-refractivity contribution >= 4 is 11.8 Å². The van der Waals surface area contributed by atoms with Crippen LogP contribution < -0.4 is 10.6 Å². The summed E-state index contributed by atoms with van der Waals surface area (Å²) >= 11 is 0. The van der Waals surface area contributed by atoms with E-state index in [-0.39, 0.29) is 23.3 Å². The summed E-state index contributed by atoms with van der Waals surface area (Å²) in [4.78, 5) is 26.7. The van der Waals surface area contributed by atoms with Crippen LogP contribution >= 0.6 is 0 Å². The van der Waals surface area contributed by atoms with E-state index < -0.39 is 0 Å². The van der Waals surface area contributed by atoms with Crippen molar-refractivity contribution in [3.63, 3.8) is 0 Å². The SMILES string of the molecule is CCNC(=O)[C@@H]1C[C@@]2(CCN(Cc3ccccc3)C2)C(=O)N1. The van der Waals surface area contributed by atoms with E-state index in [2.05, 4.69) is 27.7 Å². The van der Waals surface area contributed by atoms with Gasteiger partial charge in [-0.25, -0.2) is 0 Å². The normalized spacial score (nSPS) is 28.0. The molecule has 2 fully saturated rings. The van der Waals surface area contributed by atoms with E-state index >= 15 is 0 Å². The van der Waals surface area contributed by atoms with Gasteiger partial charge in [0.25, 0.3) is 0 Å². The number of carbonyl (C=O) groups is 2. The Morgan fingerprint density at radius 3 is 2.91 bits per heavy atom. The lowest BCUT2D eigenvalue weighted by atomic mass is 9.84. The molecule has 0 saturated carbocycles. The van der Waals surface area contributed by atoms with Crippen LogP contribution in [-0.4, -0.2) is 42.4 Å². The highest BCUT2D eigenvalue weighted by molar-refractivity contribution is 5.94. The van der Waals surface area contributed by atoms with E-state index in [1.165, 1.54) is 5.56 Å². The molecule has 2 aliphatic heterocycles. The van der Waals surface area contributed by atoms with Crippen molar-refractivity contribution in [2.24, 2.45) is 5.41 Å². The zero-order chi connectivity index (χ0) is 15.6. The van der Waals surface area contributed by atoms with Gasteiger partial charge >= 0.3 is 0 Å². The third kappa shape index (κ3) is 2.86. The third-order valence-corrected chi connectivity index (χ3v) is 4.73. The van der Waals surface area contributed by atoms with Crippen molar-refractivity contribution in [3.8, 4) is 0 Å². The maximum atomic E-state index is 12.4. The van der Waals surface area contributed by atoms with Gasteiger partial charge in [0, 0.05) is 19.6 Å². The summed E-state index contributed by atoms with van der Waals surface area (Å²) in [7, 11) is 0. The molecule has 2 saturated heterocycles. The molecule has 3 rings (SSSR count). The molecule has 5 nitrogen and oxygen atoms in total. The molecule has 22 heavy (non-hydrogen) atoms. The Bertz CT molecular complexity index is 560. The smallest absolute Gasteiger partial charge is 0.242 e. The van der Waals surface area contributed by atoms with Crippen LogP contribution in [0.5, 0.6) is 0 Å². The molecule has 1 aromatic carbocycles. The lowest BCUT2D eigenvalue weighted by Crippen LogP contribution is -2.41. The highest BCUT2D eigenvalue weighted by Gasteiger charge is 2.52. The molecule has 2 aliphatic rings. The second-order valence-corrected chi connectivity index (χ2v) is 6.35. The second-order valence-electron chi connectivity index (χ2n) is 6.35. The second kappa shape index (κ2) is 6.08. The Kier molecular flexibility index (Phi) is 4.16. The van der Waals surface area contributed by atoms with Gasteiger partial charge in [-0.1, -0.05) is 30.3 Å². The van der Waals surface area contributed by atoms with E-state index in [1.54, 1.807) is 0 Å². The van der Waals surface area contributed by atoms with Gasteiger partial charge in [0.2, 0.25) is 11.8 Å². The van der Waals surface area contributed by atoms with Gasteiger partial charge in [-0.3, -0.25) is 14.5 Å². The highest BCUT2D eigenvalue weighted by Crippen LogP contribution is 2.39. The van der Waals surface area contributed by atoms with Crippen molar-refractivity contribution in [3.05, 3.63) is 35.9 Å². The quantitative estimate of drug-likeness (QED) is 0.869. The number of hydrogen-bond acceptors (Lipinski definition) is 3. The average molecular weight is 301 g/mol. The van der Waals surface area contributed by atoms with Gasteiger partial charge in [-0.2, -0.15) is 0 Å². The molecule has 0 bridgehead atoms. The van der Waals surface area contributed by atoms with E-state index in [9.17, 15) is 9.59 Å². The summed E-state index contributed by atoms with van der Waals surface area (Å²) in [5.74, 6) is -0.0199. The van der Waals surface area contributed by atoms with Crippen molar-refractivity contribution in [2.45, 2.75) is 32.4 Å². The van der Waals surface area contributed by atoms with Crippen molar-refractivity contribution < 1.29 is 9.59 Å². The summed E-state index contributed by atoms with van der Waals surface area (Å²) in [6.07, 6.45) is 1.45. The van der Waals surface area contributed by atoms with Gasteiger partial charge in [0.1, 0.15) is 6.04 Å². The number of rotatable bonds is 4. The van der Waals surface area contributed by atoms with E-state index in [0.29, 0.717) is 13.0 Å². The predicted molar refractivity (Wildman–Crippen MR) is 84.0 cm³/mol. The molecule has 0 radical (unpaired) electrons. The first-order valence-corrected chi connectivity index (χ1v) is 7.98. The molecule has 0 aromatic heterocycles. The van der Waals surface area contributed by atoms with Crippen LogP contribution in [0.15, 0.2) is 30.3 Å². The molecule has 2 atom stereocenters. The fraction of sp³-hybridized carbons (Fsp3) is 0.529. The molecule has 0 unspecified atom stereocenters. The number of hydrogen-bond donors (Lipinski definition) is 2. The summed E-state index contributed by atoms with van der Waals surface area (Å²) < 4.78 is 0. The monoisotopic (exact) mass is 301 g/mol. The van der Waals surface area contributed by atoms with Crippen molar-refractivity contribution in [2.75, 3.05) is 19.6 Å². The molecular weight excluding hydrogens is 278 g/mol.